The van der Waals surface area contributed by atoms with Gasteiger partial charge in [-0.3, -0.25) is 4.79 Å². The van der Waals surface area contributed by atoms with Crippen LogP contribution in [0.5, 0.6) is 0 Å². The van der Waals surface area contributed by atoms with Crippen LogP contribution >= 0.6 is 0 Å². The maximum absolute atomic E-state index is 13.5. The molecule has 1 aromatic rings. The lowest BCUT2D eigenvalue weighted by atomic mass is 9.83. The van der Waals surface area contributed by atoms with Gasteiger partial charge in [0.15, 0.2) is 0 Å². The van der Waals surface area contributed by atoms with Crippen LogP contribution in [-0.2, 0) is 6.42 Å². The highest BCUT2D eigenvalue weighted by Crippen LogP contribution is 2.34. The summed E-state index contributed by atoms with van der Waals surface area (Å²) in [5.41, 5.74) is 2.93. The zero-order chi connectivity index (χ0) is 20.0. The van der Waals surface area contributed by atoms with Crippen molar-refractivity contribution in [1.82, 2.24) is 9.47 Å². The van der Waals surface area contributed by atoms with Crippen LogP contribution in [0.25, 0.3) is 11.6 Å². The summed E-state index contributed by atoms with van der Waals surface area (Å²) < 4.78 is 2.11. The molecular formula is C24H40N2O. The summed E-state index contributed by atoms with van der Waals surface area (Å²) in [6.07, 6.45) is 10.9. The molecule has 0 spiro atoms. The molecule has 0 saturated carbocycles. The zero-order valence-electron chi connectivity index (χ0n) is 18.5. The molecule has 0 radical (unpaired) electrons. The van der Waals surface area contributed by atoms with Crippen molar-refractivity contribution >= 4 is 11.6 Å². The normalized spacial score (nSPS) is 25.9. The molecule has 3 heteroatoms. The third-order valence-electron chi connectivity index (χ3n) is 6.30. The second-order valence-electron chi connectivity index (χ2n) is 7.84. The molecule has 4 heterocycles. The van der Waals surface area contributed by atoms with Crippen LogP contribution in [0, 0.1) is 5.92 Å². The Balaban J connectivity index is 0.00000126. The van der Waals surface area contributed by atoms with Gasteiger partial charge in [-0.15, -0.1) is 0 Å². The van der Waals surface area contributed by atoms with Crippen LogP contribution in [-0.4, -0.2) is 29.1 Å². The quantitative estimate of drug-likeness (QED) is 0.784. The van der Waals surface area contributed by atoms with Crippen molar-refractivity contribution in [3.8, 4) is 0 Å². The second-order valence-corrected chi connectivity index (χ2v) is 7.84. The summed E-state index contributed by atoms with van der Waals surface area (Å²) in [6.45, 7) is 16.3. The predicted molar refractivity (Wildman–Crippen MR) is 118 cm³/mol. The van der Waals surface area contributed by atoms with E-state index in [2.05, 4.69) is 49.4 Å². The van der Waals surface area contributed by atoms with Crippen LogP contribution in [0.15, 0.2) is 11.0 Å². The Morgan fingerprint density at radius 2 is 1.85 bits per heavy atom. The third kappa shape index (κ3) is 4.56. The van der Waals surface area contributed by atoms with Gasteiger partial charge in [-0.2, -0.15) is 0 Å². The van der Waals surface area contributed by atoms with Gasteiger partial charge in [0, 0.05) is 18.0 Å². The van der Waals surface area contributed by atoms with Crippen LogP contribution < -0.4 is 16.0 Å². The minimum absolute atomic E-state index is 0.243. The molecule has 3 nitrogen and oxygen atoms in total. The van der Waals surface area contributed by atoms with Crippen molar-refractivity contribution in [2.24, 2.45) is 5.92 Å². The van der Waals surface area contributed by atoms with Gasteiger partial charge in [-0.05, 0) is 68.8 Å². The number of aromatic nitrogens is 1. The van der Waals surface area contributed by atoms with Gasteiger partial charge in [0.25, 0.3) is 5.56 Å². The molecule has 2 bridgehead atoms. The van der Waals surface area contributed by atoms with E-state index in [1.54, 1.807) is 0 Å². The first-order chi connectivity index (χ1) is 13.1. The molecule has 0 N–H and O–H groups in total. The van der Waals surface area contributed by atoms with Crippen molar-refractivity contribution in [3.63, 3.8) is 0 Å². The maximum Gasteiger partial charge on any atom is 0.258 e. The Bertz CT molecular complexity index is 782. The molecule has 1 unspecified atom stereocenters. The van der Waals surface area contributed by atoms with Gasteiger partial charge in [-0.1, -0.05) is 52.7 Å². The van der Waals surface area contributed by atoms with Gasteiger partial charge < -0.3 is 9.47 Å². The fourth-order valence-corrected chi connectivity index (χ4v) is 4.63. The lowest BCUT2D eigenvalue weighted by Crippen LogP contribution is -2.54. The minimum atomic E-state index is 0.243. The highest BCUT2D eigenvalue weighted by atomic mass is 16.1. The van der Waals surface area contributed by atoms with Crippen molar-refractivity contribution in [2.45, 2.75) is 86.1 Å². The summed E-state index contributed by atoms with van der Waals surface area (Å²) in [7, 11) is 0. The average Bonchev–Trinajstić information content (AvgIpc) is 2.74. The number of piperidine rings is 3. The Morgan fingerprint density at radius 1 is 1.19 bits per heavy atom. The number of hydrogen-bond donors (Lipinski definition) is 0. The smallest absolute Gasteiger partial charge is 0.258 e. The molecule has 3 fully saturated rings. The summed E-state index contributed by atoms with van der Waals surface area (Å²) >= 11 is 0. The monoisotopic (exact) mass is 372 g/mol. The van der Waals surface area contributed by atoms with Gasteiger partial charge in [0.2, 0.25) is 0 Å². The zero-order valence-corrected chi connectivity index (χ0v) is 18.5. The average molecular weight is 373 g/mol. The van der Waals surface area contributed by atoms with E-state index < -0.39 is 0 Å². The first kappa shape index (κ1) is 21.9. The van der Waals surface area contributed by atoms with Crippen LogP contribution in [0.1, 0.15) is 85.3 Å². The molecule has 0 amide bonds. The molecule has 1 aromatic heterocycles. The lowest BCUT2D eigenvalue weighted by Gasteiger charge is -2.45. The van der Waals surface area contributed by atoms with E-state index in [4.69, 9.17) is 0 Å². The predicted octanol–water partition coefficient (Wildman–Crippen LogP) is 3.86. The van der Waals surface area contributed by atoms with E-state index in [1.807, 2.05) is 13.8 Å². The number of fused-ring (bicyclic) bond motifs is 3. The minimum Gasteiger partial charge on any atom is -0.310 e. The number of hydrogen-bond acceptors (Lipinski definition) is 2. The van der Waals surface area contributed by atoms with Gasteiger partial charge in [0.1, 0.15) is 0 Å². The van der Waals surface area contributed by atoms with E-state index in [1.165, 1.54) is 42.3 Å². The molecular weight excluding hydrogens is 332 g/mol. The number of nitrogens with zero attached hydrogens (tertiary/aromatic N) is 2. The van der Waals surface area contributed by atoms with Crippen molar-refractivity contribution in [3.05, 3.63) is 32.6 Å². The van der Waals surface area contributed by atoms with E-state index in [0.29, 0.717) is 12.0 Å². The first-order valence-electron chi connectivity index (χ1n) is 11.3. The largest absolute Gasteiger partial charge is 0.310 e. The molecule has 27 heavy (non-hydrogen) atoms. The molecule has 0 aromatic carbocycles. The SMILES string of the molecule is CC.CCC/C=c1/c(=O)n(C2CN3CCC2CC3)cc(CC)/c1=C(/C)CC. The highest BCUT2D eigenvalue weighted by Gasteiger charge is 2.35. The van der Waals surface area contributed by atoms with Crippen molar-refractivity contribution in [1.29, 1.82) is 0 Å². The topological polar surface area (TPSA) is 25.2 Å². The first-order valence-corrected chi connectivity index (χ1v) is 11.3. The Hall–Kier alpha value is -1.35. The molecule has 3 aliphatic heterocycles. The maximum atomic E-state index is 13.5. The fraction of sp³-hybridized carbons (Fsp3) is 0.708. The standard InChI is InChI=1S/C22H34N2O.C2H6/c1-5-8-9-19-21(16(4)6-2)17(7-3)14-24(22(19)25)20-15-23-12-10-18(20)11-13-23;1-2/h9,14,18,20H,5-8,10-13,15H2,1-4H3;1-2H3/b19-9+,21-16+;. The van der Waals surface area contributed by atoms with E-state index >= 15 is 0 Å². The summed E-state index contributed by atoms with van der Waals surface area (Å²) in [5.74, 6) is 0.675. The molecule has 0 aliphatic carbocycles. The molecule has 3 aliphatic rings. The second kappa shape index (κ2) is 10.3. The lowest BCUT2D eigenvalue weighted by molar-refractivity contribution is 0.0551. The fourth-order valence-electron chi connectivity index (χ4n) is 4.63. The van der Waals surface area contributed by atoms with Gasteiger partial charge in [0.05, 0.1) is 6.04 Å². The number of rotatable bonds is 5. The summed E-state index contributed by atoms with van der Waals surface area (Å²) in [4.78, 5) is 16.0. The number of pyridine rings is 1. The Kier molecular flexibility index (Phi) is 8.34. The Labute approximate surface area is 165 Å². The molecule has 3 saturated heterocycles. The molecule has 1 atom stereocenters. The van der Waals surface area contributed by atoms with Crippen molar-refractivity contribution in [2.75, 3.05) is 19.6 Å². The Morgan fingerprint density at radius 3 is 2.33 bits per heavy atom. The third-order valence-corrected chi connectivity index (χ3v) is 6.30. The van der Waals surface area contributed by atoms with Crippen LogP contribution in [0.3, 0.4) is 0 Å². The van der Waals surface area contributed by atoms with Gasteiger partial charge >= 0.3 is 0 Å². The van der Waals surface area contributed by atoms with E-state index in [-0.39, 0.29) is 5.56 Å². The summed E-state index contributed by atoms with van der Waals surface area (Å²) in [5, 5.41) is 2.21. The van der Waals surface area contributed by atoms with Crippen LogP contribution in [0.2, 0.25) is 0 Å². The highest BCUT2D eigenvalue weighted by molar-refractivity contribution is 5.46. The van der Waals surface area contributed by atoms with E-state index in [9.17, 15) is 4.79 Å². The number of unbranched alkanes of at least 4 members (excludes halogenated alkanes) is 1. The molecule has 152 valence electrons. The van der Waals surface area contributed by atoms with Crippen molar-refractivity contribution < 1.29 is 0 Å². The van der Waals surface area contributed by atoms with E-state index in [0.717, 1.165) is 37.4 Å². The molecule has 4 rings (SSSR count). The number of aryl methyl sites for hydroxylation is 1. The van der Waals surface area contributed by atoms with Gasteiger partial charge in [-0.25, -0.2) is 0 Å². The summed E-state index contributed by atoms with van der Waals surface area (Å²) in [6, 6.07) is 0.366. The van der Waals surface area contributed by atoms with Crippen LogP contribution in [0.4, 0.5) is 0 Å².